The van der Waals surface area contributed by atoms with E-state index in [1.807, 2.05) is 95.7 Å². The lowest BCUT2D eigenvalue weighted by Crippen LogP contribution is -2.01. The standard InChI is InChI=1S/C50H29N5O2/c1-2-17-34(18-3-1)55-42-29-31-14-5-4-13-30(31)28-41(42)45(54-55)32-15-10-16-33(27-32)48-51-49(39-23-11-21-37-35-19-6-8-25-43(35)56-46(37)39)53-50(52-48)40-24-12-22-38-36-20-7-9-26-44(36)57-47(38)40/h1-29H. The van der Waals surface area contributed by atoms with Crippen LogP contribution in [-0.4, -0.2) is 24.7 Å². The number of aromatic nitrogens is 5. The van der Waals surface area contributed by atoms with E-state index in [1.54, 1.807) is 0 Å². The first-order valence-electron chi connectivity index (χ1n) is 18.9. The second-order valence-electron chi connectivity index (χ2n) is 14.3. The molecule has 4 heterocycles. The van der Waals surface area contributed by atoms with Crippen molar-refractivity contribution in [3.8, 4) is 51.1 Å². The molecule has 0 aliphatic rings. The molecule has 0 N–H and O–H groups in total. The molecule has 4 aromatic heterocycles. The van der Waals surface area contributed by atoms with Gasteiger partial charge in [0.25, 0.3) is 0 Å². The summed E-state index contributed by atoms with van der Waals surface area (Å²) < 4.78 is 15.0. The number of furan rings is 2. The van der Waals surface area contributed by atoms with E-state index in [-0.39, 0.29) is 0 Å². The van der Waals surface area contributed by atoms with E-state index in [0.717, 1.165) is 99.2 Å². The summed E-state index contributed by atoms with van der Waals surface area (Å²) >= 11 is 0. The zero-order valence-electron chi connectivity index (χ0n) is 30.3. The van der Waals surface area contributed by atoms with Gasteiger partial charge in [0.2, 0.25) is 0 Å². The maximum atomic E-state index is 6.50. The van der Waals surface area contributed by atoms with Crippen LogP contribution in [0.25, 0.3) is 117 Å². The fourth-order valence-corrected chi connectivity index (χ4v) is 8.18. The Bertz CT molecular complexity index is 3410. The molecule has 0 aliphatic carbocycles. The topological polar surface area (TPSA) is 82.8 Å². The summed E-state index contributed by atoms with van der Waals surface area (Å²) in [6, 6.07) is 59.9. The number of hydrogen-bond acceptors (Lipinski definition) is 6. The van der Waals surface area contributed by atoms with Crippen LogP contribution in [0.4, 0.5) is 0 Å². The Hall–Kier alpha value is -7.90. The monoisotopic (exact) mass is 731 g/mol. The van der Waals surface area contributed by atoms with Gasteiger partial charge in [-0.2, -0.15) is 5.10 Å². The highest BCUT2D eigenvalue weighted by molar-refractivity contribution is 6.10. The van der Waals surface area contributed by atoms with E-state index in [9.17, 15) is 0 Å². The molecular formula is C50H29N5O2. The maximum Gasteiger partial charge on any atom is 0.167 e. The van der Waals surface area contributed by atoms with Gasteiger partial charge >= 0.3 is 0 Å². The SMILES string of the molecule is c1ccc(-n2nc(-c3cccc(-c4nc(-c5cccc6c5oc5ccccc56)nc(-c5cccc6c5oc5ccccc56)n4)c3)c3cc4ccccc4cc32)cc1. The second kappa shape index (κ2) is 12.3. The zero-order valence-corrected chi connectivity index (χ0v) is 30.3. The minimum Gasteiger partial charge on any atom is -0.455 e. The van der Waals surface area contributed by atoms with E-state index in [4.69, 9.17) is 28.9 Å². The lowest BCUT2D eigenvalue weighted by molar-refractivity contribution is 0.669. The summed E-state index contributed by atoms with van der Waals surface area (Å²) in [6.07, 6.45) is 0. The Kier molecular flexibility index (Phi) is 6.79. The summed E-state index contributed by atoms with van der Waals surface area (Å²) in [5, 5.41) is 12.7. The summed E-state index contributed by atoms with van der Waals surface area (Å²) in [5.74, 6) is 1.53. The van der Waals surface area contributed by atoms with E-state index < -0.39 is 0 Å². The third-order valence-corrected chi connectivity index (χ3v) is 10.9. The van der Waals surface area contributed by atoms with Gasteiger partial charge in [0.1, 0.15) is 28.0 Å². The Morgan fingerprint density at radius 2 is 0.912 bits per heavy atom. The van der Waals surface area contributed by atoms with Gasteiger partial charge in [-0.1, -0.05) is 121 Å². The van der Waals surface area contributed by atoms with E-state index in [0.29, 0.717) is 17.5 Å². The lowest BCUT2D eigenvalue weighted by atomic mass is 10.0. The quantitative estimate of drug-likeness (QED) is 0.175. The van der Waals surface area contributed by atoms with Crippen LogP contribution in [0.1, 0.15) is 0 Å². The normalized spacial score (nSPS) is 11.9. The summed E-state index contributed by atoms with van der Waals surface area (Å²) in [6.45, 7) is 0. The minimum absolute atomic E-state index is 0.503. The molecule has 12 rings (SSSR count). The lowest BCUT2D eigenvalue weighted by Gasteiger charge is -2.10. The molecule has 0 atom stereocenters. The van der Waals surface area contributed by atoms with Crippen LogP contribution < -0.4 is 0 Å². The molecule has 12 aromatic rings. The third kappa shape index (κ3) is 4.99. The van der Waals surface area contributed by atoms with Crippen molar-refractivity contribution < 1.29 is 8.83 Å². The van der Waals surface area contributed by atoms with E-state index in [2.05, 4.69) is 84.9 Å². The smallest absolute Gasteiger partial charge is 0.167 e. The van der Waals surface area contributed by atoms with Crippen LogP contribution in [0.2, 0.25) is 0 Å². The molecule has 0 radical (unpaired) electrons. The fraction of sp³-hybridized carbons (Fsp3) is 0. The molecule has 8 aromatic carbocycles. The third-order valence-electron chi connectivity index (χ3n) is 10.9. The largest absolute Gasteiger partial charge is 0.455 e. The maximum absolute atomic E-state index is 6.50. The summed E-state index contributed by atoms with van der Waals surface area (Å²) in [7, 11) is 0. The molecule has 0 bridgehead atoms. The van der Waals surface area contributed by atoms with E-state index >= 15 is 0 Å². The Balaban J connectivity index is 1.09. The van der Waals surface area contributed by atoms with Crippen LogP contribution in [0.5, 0.6) is 0 Å². The molecule has 0 saturated carbocycles. The highest BCUT2D eigenvalue weighted by Gasteiger charge is 2.21. The number of benzene rings is 8. The fourth-order valence-electron chi connectivity index (χ4n) is 8.18. The van der Waals surface area contributed by atoms with Crippen molar-refractivity contribution >= 4 is 65.6 Å². The number of nitrogens with zero attached hydrogens (tertiary/aromatic N) is 5. The van der Waals surface area contributed by atoms with Crippen molar-refractivity contribution in [2.45, 2.75) is 0 Å². The molecule has 0 saturated heterocycles. The molecule has 57 heavy (non-hydrogen) atoms. The van der Waals surface area contributed by atoms with Crippen LogP contribution >= 0.6 is 0 Å². The molecule has 0 amide bonds. The highest BCUT2D eigenvalue weighted by atomic mass is 16.3. The second-order valence-corrected chi connectivity index (χ2v) is 14.3. The highest BCUT2D eigenvalue weighted by Crippen LogP contribution is 2.39. The predicted molar refractivity (Wildman–Crippen MR) is 228 cm³/mol. The van der Waals surface area contributed by atoms with Crippen LogP contribution in [0, 0.1) is 0 Å². The average molecular weight is 732 g/mol. The molecular weight excluding hydrogens is 703 g/mol. The Morgan fingerprint density at radius 1 is 0.386 bits per heavy atom. The van der Waals surface area contributed by atoms with Crippen LogP contribution in [-0.2, 0) is 0 Å². The summed E-state index contributed by atoms with van der Waals surface area (Å²) in [5.41, 5.74) is 9.30. The Labute approximate surface area is 325 Å². The first kappa shape index (κ1) is 31.5. The van der Waals surface area contributed by atoms with Crippen LogP contribution in [0.15, 0.2) is 185 Å². The van der Waals surface area contributed by atoms with Gasteiger partial charge in [0, 0.05) is 38.1 Å². The summed E-state index contributed by atoms with van der Waals surface area (Å²) in [4.78, 5) is 15.6. The van der Waals surface area contributed by atoms with Gasteiger partial charge in [0.15, 0.2) is 17.5 Å². The number of rotatable bonds is 5. The van der Waals surface area contributed by atoms with Gasteiger partial charge in [0.05, 0.1) is 22.3 Å². The van der Waals surface area contributed by atoms with Crippen molar-refractivity contribution in [3.05, 3.63) is 176 Å². The first-order valence-corrected chi connectivity index (χ1v) is 18.9. The molecule has 7 nitrogen and oxygen atoms in total. The molecule has 0 unspecified atom stereocenters. The van der Waals surface area contributed by atoms with Gasteiger partial charge in [-0.25, -0.2) is 19.6 Å². The van der Waals surface area contributed by atoms with Crippen molar-refractivity contribution in [2.75, 3.05) is 0 Å². The molecule has 0 aliphatic heterocycles. The molecule has 7 heteroatoms. The van der Waals surface area contributed by atoms with E-state index in [1.165, 1.54) is 0 Å². The predicted octanol–water partition coefficient (Wildman–Crippen LogP) is 12.8. The molecule has 0 spiro atoms. The number of para-hydroxylation sites is 5. The van der Waals surface area contributed by atoms with Gasteiger partial charge in [-0.15, -0.1) is 0 Å². The number of fused-ring (bicyclic) bond motifs is 8. The first-order chi connectivity index (χ1) is 28.2. The molecule has 266 valence electrons. The van der Waals surface area contributed by atoms with Crippen molar-refractivity contribution in [1.29, 1.82) is 0 Å². The molecule has 0 fully saturated rings. The van der Waals surface area contributed by atoms with Gasteiger partial charge in [-0.05, 0) is 65.4 Å². The van der Waals surface area contributed by atoms with Crippen molar-refractivity contribution in [2.24, 2.45) is 0 Å². The zero-order chi connectivity index (χ0) is 37.5. The van der Waals surface area contributed by atoms with Crippen LogP contribution in [0.3, 0.4) is 0 Å². The van der Waals surface area contributed by atoms with Gasteiger partial charge < -0.3 is 8.83 Å². The average Bonchev–Trinajstić information content (AvgIpc) is 3.97. The minimum atomic E-state index is 0.503. The van der Waals surface area contributed by atoms with Crippen molar-refractivity contribution in [3.63, 3.8) is 0 Å². The Morgan fingerprint density at radius 3 is 1.58 bits per heavy atom. The van der Waals surface area contributed by atoms with Gasteiger partial charge in [-0.3, -0.25) is 0 Å². The number of hydrogen-bond donors (Lipinski definition) is 0. The van der Waals surface area contributed by atoms with Crippen molar-refractivity contribution in [1.82, 2.24) is 24.7 Å².